The largest absolute Gasteiger partial charge is 0.481 e. The molecule has 0 spiro atoms. The molecule has 0 aliphatic rings. The lowest BCUT2D eigenvalue weighted by atomic mass is 9.99. The third-order valence-corrected chi connectivity index (χ3v) is 2.75. The Kier molecular flexibility index (Phi) is 4.31. The summed E-state index contributed by atoms with van der Waals surface area (Å²) in [6, 6.07) is 2.04. The second-order valence-electron chi connectivity index (χ2n) is 3.29. The number of aliphatic carboxylic acids is 2. The first-order valence-electron chi connectivity index (χ1n) is 4.42. The Balaban J connectivity index is 3.05. The van der Waals surface area contributed by atoms with E-state index in [-0.39, 0.29) is 15.6 Å². The summed E-state index contributed by atoms with van der Waals surface area (Å²) in [4.78, 5) is 21.3. The van der Waals surface area contributed by atoms with Crippen LogP contribution in [-0.2, 0) is 16.0 Å². The van der Waals surface area contributed by atoms with E-state index >= 15 is 0 Å². The molecule has 0 atom stereocenters. The van der Waals surface area contributed by atoms with Crippen molar-refractivity contribution in [3.63, 3.8) is 0 Å². The van der Waals surface area contributed by atoms with E-state index in [1.165, 1.54) is 0 Å². The first-order valence-corrected chi connectivity index (χ1v) is 5.17. The minimum absolute atomic E-state index is 0.0314. The molecular formula is C10H7Cl2FO4. The topological polar surface area (TPSA) is 74.6 Å². The maximum absolute atomic E-state index is 13.1. The highest BCUT2D eigenvalue weighted by Gasteiger charge is 2.27. The zero-order chi connectivity index (χ0) is 13.2. The average molecular weight is 281 g/mol. The van der Waals surface area contributed by atoms with E-state index in [9.17, 15) is 14.0 Å². The number of hydrogen-bond acceptors (Lipinski definition) is 2. The van der Waals surface area contributed by atoms with Crippen molar-refractivity contribution in [3.05, 3.63) is 33.6 Å². The molecule has 1 aromatic rings. The van der Waals surface area contributed by atoms with Crippen molar-refractivity contribution in [2.75, 3.05) is 0 Å². The van der Waals surface area contributed by atoms with Gasteiger partial charge in [0.05, 0.1) is 5.02 Å². The van der Waals surface area contributed by atoms with E-state index in [1.54, 1.807) is 0 Å². The van der Waals surface area contributed by atoms with Crippen LogP contribution in [0.5, 0.6) is 0 Å². The molecule has 0 unspecified atom stereocenters. The van der Waals surface area contributed by atoms with Crippen LogP contribution in [0.25, 0.3) is 0 Å². The van der Waals surface area contributed by atoms with Crippen molar-refractivity contribution in [2.24, 2.45) is 5.92 Å². The van der Waals surface area contributed by atoms with Crippen molar-refractivity contribution in [1.82, 2.24) is 0 Å². The van der Waals surface area contributed by atoms with Crippen LogP contribution in [-0.4, -0.2) is 22.2 Å². The van der Waals surface area contributed by atoms with E-state index in [2.05, 4.69) is 0 Å². The SMILES string of the molecule is O=C(O)C(Cc1cc(F)c(Cl)cc1Cl)C(=O)O. The van der Waals surface area contributed by atoms with Crippen molar-refractivity contribution in [3.8, 4) is 0 Å². The molecule has 0 aromatic heterocycles. The van der Waals surface area contributed by atoms with Gasteiger partial charge in [0.2, 0.25) is 0 Å². The minimum Gasteiger partial charge on any atom is -0.481 e. The normalized spacial score (nSPS) is 10.6. The predicted octanol–water partition coefficient (Wildman–Crippen LogP) is 2.46. The van der Waals surface area contributed by atoms with Gasteiger partial charge in [0.15, 0.2) is 5.92 Å². The molecular weight excluding hydrogens is 274 g/mol. The lowest BCUT2D eigenvalue weighted by Gasteiger charge is -2.09. The molecule has 0 fully saturated rings. The molecule has 0 bridgehead atoms. The molecule has 0 amide bonds. The number of carboxylic acid groups (broad SMARTS) is 2. The molecule has 0 aliphatic carbocycles. The standard InChI is InChI=1S/C10H7Cl2FO4/c11-6-3-7(12)8(13)2-4(6)1-5(9(14)15)10(16)17/h2-3,5H,1H2,(H,14,15)(H,16,17). The fourth-order valence-corrected chi connectivity index (χ4v) is 1.68. The molecule has 1 rings (SSSR count). The Bertz CT molecular complexity index is 462. The van der Waals surface area contributed by atoms with Crippen molar-refractivity contribution >= 4 is 35.1 Å². The van der Waals surface area contributed by atoms with Gasteiger partial charge in [-0.15, -0.1) is 0 Å². The van der Waals surface area contributed by atoms with Gasteiger partial charge in [-0.1, -0.05) is 23.2 Å². The lowest BCUT2D eigenvalue weighted by molar-refractivity contribution is -0.154. The van der Waals surface area contributed by atoms with Gasteiger partial charge in [-0.2, -0.15) is 0 Å². The first-order chi connectivity index (χ1) is 7.82. The van der Waals surface area contributed by atoms with E-state index in [1.807, 2.05) is 0 Å². The van der Waals surface area contributed by atoms with Gasteiger partial charge in [0, 0.05) is 5.02 Å². The van der Waals surface area contributed by atoms with Crippen LogP contribution in [0, 0.1) is 11.7 Å². The van der Waals surface area contributed by atoms with Crippen LogP contribution in [0.15, 0.2) is 12.1 Å². The molecule has 92 valence electrons. The van der Waals surface area contributed by atoms with E-state index in [4.69, 9.17) is 33.4 Å². The van der Waals surface area contributed by atoms with E-state index in [0.29, 0.717) is 0 Å². The minimum atomic E-state index is -1.67. The predicted molar refractivity (Wildman–Crippen MR) is 58.9 cm³/mol. The van der Waals surface area contributed by atoms with Crippen LogP contribution in [0.3, 0.4) is 0 Å². The van der Waals surface area contributed by atoms with Crippen LogP contribution in [0.2, 0.25) is 10.0 Å². The molecule has 0 aliphatic heterocycles. The third kappa shape index (κ3) is 3.31. The van der Waals surface area contributed by atoms with Crippen LogP contribution in [0.1, 0.15) is 5.56 Å². The third-order valence-electron chi connectivity index (χ3n) is 2.11. The molecule has 7 heteroatoms. The zero-order valence-electron chi connectivity index (χ0n) is 8.28. The van der Waals surface area contributed by atoms with E-state index < -0.39 is 30.1 Å². The summed E-state index contributed by atoms with van der Waals surface area (Å²) in [5.41, 5.74) is 0.0865. The highest BCUT2D eigenvalue weighted by Crippen LogP contribution is 2.26. The summed E-state index contributed by atoms with van der Waals surface area (Å²) in [7, 11) is 0. The summed E-state index contributed by atoms with van der Waals surface area (Å²) in [6.07, 6.45) is -0.405. The Morgan fingerprint density at radius 3 is 2.18 bits per heavy atom. The Morgan fingerprint density at radius 2 is 1.71 bits per heavy atom. The molecule has 0 saturated carbocycles. The molecule has 0 saturated heterocycles. The highest BCUT2D eigenvalue weighted by atomic mass is 35.5. The molecule has 2 N–H and O–H groups in total. The number of hydrogen-bond donors (Lipinski definition) is 2. The molecule has 1 aromatic carbocycles. The lowest BCUT2D eigenvalue weighted by Crippen LogP contribution is -2.25. The molecule has 0 radical (unpaired) electrons. The summed E-state index contributed by atoms with van der Waals surface area (Å²) in [6.45, 7) is 0. The van der Waals surface area contributed by atoms with E-state index in [0.717, 1.165) is 12.1 Å². The van der Waals surface area contributed by atoms with Gasteiger partial charge in [0.25, 0.3) is 0 Å². The summed E-state index contributed by atoms with van der Waals surface area (Å²) >= 11 is 11.2. The van der Waals surface area contributed by atoms with Crippen molar-refractivity contribution in [1.29, 1.82) is 0 Å². The Hall–Kier alpha value is -1.33. The second-order valence-corrected chi connectivity index (χ2v) is 4.11. The Morgan fingerprint density at radius 1 is 1.18 bits per heavy atom. The van der Waals surface area contributed by atoms with Crippen molar-refractivity contribution in [2.45, 2.75) is 6.42 Å². The average Bonchev–Trinajstić information content (AvgIpc) is 2.20. The van der Waals surface area contributed by atoms with Gasteiger partial charge >= 0.3 is 11.9 Å². The molecule has 4 nitrogen and oxygen atoms in total. The zero-order valence-corrected chi connectivity index (χ0v) is 9.80. The quantitative estimate of drug-likeness (QED) is 0.656. The number of halogens is 3. The maximum Gasteiger partial charge on any atom is 0.318 e. The number of rotatable bonds is 4. The van der Waals surface area contributed by atoms with Crippen LogP contribution in [0.4, 0.5) is 4.39 Å². The van der Waals surface area contributed by atoms with Crippen molar-refractivity contribution < 1.29 is 24.2 Å². The summed E-state index contributed by atoms with van der Waals surface area (Å²) in [5, 5.41) is 17.2. The van der Waals surface area contributed by atoms with Gasteiger partial charge in [0.1, 0.15) is 5.82 Å². The summed E-state index contributed by atoms with van der Waals surface area (Å²) in [5.74, 6) is -5.47. The van der Waals surface area contributed by atoms with Crippen LogP contribution >= 0.6 is 23.2 Å². The van der Waals surface area contributed by atoms with Crippen LogP contribution < -0.4 is 0 Å². The molecule has 0 heterocycles. The number of carbonyl (C=O) groups is 2. The summed E-state index contributed by atoms with van der Waals surface area (Å²) < 4.78 is 13.1. The molecule has 17 heavy (non-hydrogen) atoms. The highest BCUT2D eigenvalue weighted by molar-refractivity contribution is 6.35. The fraction of sp³-hybridized carbons (Fsp3) is 0.200. The second kappa shape index (κ2) is 5.33. The van der Waals surface area contributed by atoms with Gasteiger partial charge in [-0.3, -0.25) is 9.59 Å². The monoisotopic (exact) mass is 280 g/mol. The van der Waals surface area contributed by atoms with Gasteiger partial charge in [-0.05, 0) is 24.1 Å². The number of benzene rings is 1. The Labute approximate surface area is 106 Å². The number of carboxylic acids is 2. The smallest absolute Gasteiger partial charge is 0.318 e. The fourth-order valence-electron chi connectivity index (χ4n) is 1.22. The maximum atomic E-state index is 13.1. The van der Waals surface area contributed by atoms with Gasteiger partial charge < -0.3 is 10.2 Å². The first kappa shape index (κ1) is 13.7. The van der Waals surface area contributed by atoms with Gasteiger partial charge in [-0.25, -0.2) is 4.39 Å².